The lowest BCUT2D eigenvalue weighted by molar-refractivity contribution is 0.0697. The molecule has 19 heavy (non-hydrogen) atoms. The summed E-state index contributed by atoms with van der Waals surface area (Å²) in [5.74, 6) is -0.253. The second-order valence-electron chi connectivity index (χ2n) is 4.25. The van der Waals surface area contributed by atoms with Gasteiger partial charge in [0.1, 0.15) is 12.4 Å². The van der Waals surface area contributed by atoms with Crippen LogP contribution in [-0.2, 0) is 10.0 Å². The van der Waals surface area contributed by atoms with E-state index < -0.39 is 16.0 Å². The van der Waals surface area contributed by atoms with E-state index in [1.165, 1.54) is 16.4 Å². The summed E-state index contributed by atoms with van der Waals surface area (Å²) in [5, 5.41) is 8.74. The summed E-state index contributed by atoms with van der Waals surface area (Å²) >= 11 is 0. The van der Waals surface area contributed by atoms with Crippen LogP contribution in [0, 0.1) is 0 Å². The van der Waals surface area contributed by atoms with Gasteiger partial charge in [-0.15, -0.1) is 0 Å². The molecule has 0 radical (unpaired) electrons. The maximum Gasteiger partial charge on any atom is 0.335 e. The molecule has 2 rings (SSSR count). The molecular weight excluding hydrogens is 270 g/mol. The number of aromatic carboxylic acids is 1. The van der Waals surface area contributed by atoms with Crippen molar-refractivity contribution in [3.63, 3.8) is 0 Å². The van der Waals surface area contributed by atoms with Gasteiger partial charge >= 0.3 is 5.97 Å². The normalized spacial score (nSPS) is 18.3. The number of carbonyl (C=O) groups is 1. The average molecular weight is 285 g/mol. The summed E-state index contributed by atoms with van der Waals surface area (Å²) in [6, 6.07) is 6.01. The summed E-state index contributed by atoms with van der Waals surface area (Å²) in [6.45, 7) is 1.12. The Balaban J connectivity index is 1.84. The molecule has 6 nitrogen and oxygen atoms in total. The van der Waals surface area contributed by atoms with Crippen molar-refractivity contribution in [1.29, 1.82) is 0 Å². The monoisotopic (exact) mass is 285 g/mol. The zero-order valence-electron chi connectivity index (χ0n) is 10.3. The van der Waals surface area contributed by atoms with Crippen LogP contribution >= 0.6 is 0 Å². The molecule has 1 aromatic carbocycles. The molecular formula is C12H15NO5S. The first kappa shape index (κ1) is 13.8. The van der Waals surface area contributed by atoms with Crippen molar-refractivity contribution in [2.24, 2.45) is 0 Å². The molecule has 0 aliphatic carbocycles. The van der Waals surface area contributed by atoms with Crippen LogP contribution in [0.25, 0.3) is 0 Å². The maximum atomic E-state index is 11.5. The first-order chi connectivity index (χ1) is 8.99. The van der Waals surface area contributed by atoms with Crippen LogP contribution in [0.2, 0.25) is 0 Å². The van der Waals surface area contributed by atoms with Crippen molar-refractivity contribution in [1.82, 2.24) is 4.31 Å². The summed E-state index contributed by atoms with van der Waals surface area (Å²) < 4.78 is 29.9. The van der Waals surface area contributed by atoms with Crippen molar-refractivity contribution >= 4 is 16.0 Å². The van der Waals surface area contributed by atoms with Crippen LogP contribution in [0.1, 0.15) is 16.8 Å². The molecule has 1 fully saturated rings. The summed E-state index contributed by atoms with van der Waals surface area (Å²) in [7, 11) is -3.08. The summed E-state index contributed by atoms with van der Waals surface area (Å²) in [4.78, 5) is 10.7. The summed E-state index contributed by atoms with van der Waals surface area (Å²) in [5.41, 5.74) is 0.189. The van der Waals surface area contributed by atoms with Gasteiger partial charge in [-0.3, -0.25) is 0 Å². The van der Waals surface area contributed by atoms with Gasteiger partial charge in [-0.2, -0.15) is 4.31 Å². The van der Waals surface area contributed by atoms with Gasteiger partial charge in [0.25, 0.3) is 0 Å². The van der Waals surface area contributed by atoms with Crippen LogP contribution in [-0.4, -0.2) is 49.2 Å². The zero-order valence-corrected chi connectivity index (χ0v) is 11.1. The zero-order chi connectivity index (χ0) is 13.9. The van der Waals surface area contributed by atoms with E-state index in [0.717, 1.165) is 0 Å². The van der Waals surface area contributed by atoms with Gasteiger partial charge in [-0.05, 0) is 30.7 Å². The Hall–Kier alpha value is -1.60. The minimum atomic E-state index is -3.08. The van der Waals surface area contributed by atoms with Crippen molar-refractivity contribution < 1.29 is 23.1 Å². The predicted octanol–water partition coefficient (Wildman–Crippen LogP) is 0.799. The third-order valence-corrected chi connectivity index (χ3v) is 4.87. The second-order valence-corrected chi connectivity index (χ2v) is 6.34. The fourth-order valence-corrected chi connectivity index (χ4v) is 3.41. The number of hydrogen-bond acceptors (Lipinski definition) is 4. The van der Waals surface area contributed by atoms with E-state index in [4.69, 9.17) is 9.84 Å². The van der Waals surface area contributed by atoms with Crippen molar-refractivity contribution in [3.05, 3.63) is 29.8 Å². The number of benzene rings is 1. The van der Waals surface area contributed by atoms with Gasteiger partial charge in [0.05, 0.1) is 11.3 Å². The molecule has 1 aliphatic heterocycles. The highest BCUT2D eigenvalue weighted by Crippen LogP contribution is 2.15. The molecule has 0 atom stereocenters. The van der Waals surface area contributed by atoms with Gasteiger partial charge in [-0.1, -0.05) is 0 Å². The standard InChI is InChI=1S/C12H15NO5S/c14-12(15)10-2-4-11(5-3-10)18-8-7-13-6-1-9-19(13,16)17/h2-5H,1,6-9H2,(H,14,15). The molecule has 104 valence electrons. The molecule has 1 saturated heterocycles. The Kier molecular flexibility index (Phi) is 4.06. The fraction of sp³-hybridized carbons (Fsp3) is 0.417. The number of carboxylic acids is 1. The first-order valence-electron chi connectivity index (χ1n) is 5.93. The molecule has 1 N–H and O–H groups in total. The molecule has 0 bridgehead atoms. The lowest BCUT2D eigenvalue weighted by Crippen LogP contribution is -2.30. The van der Waals surface area contributed by atoms with Gasteiger partial charge in [-0.25, -0.2) is 13.2 Å². The third kappa shape index (κ3) is 3.45. The van der Waals surface area contributed by atoms with Gasteiger partial charge in [0, 0.05) is 13.1 Å². The minimum Gasteiger partial charge on any atom is -0.492 e. The van der Waals surface area contributed by atoms with E-state index in [9.17, 15) is 13.2 Å². The van der Waals surface area contributed by atoms with E-state index in [1.807, 2.05) is 0 Å². The molecule has 1 aliphatic rings. The van der Waals surface area contributed by atoms with Crippen LogP contribution < -0.4 is 4.74 Å². The van der Waals surface area contributed by atoms with Crippen LogP contribution in [0.5, 0.6) is 5.75 Å². The largest absolute Gasteiger partial charge is 0.492 e. The van der Waals surface area contributed by atoms with Crippen LogP contribution in [0.15, 0.2) is 24.3 Å². The fourth-order valence-electron chi connectivity index (χ4n) is 1.90. The van der Waals surface area contributed by atoms with Crippen LogP contribution in [0.3, 0.4) is 0 Å². The Labute approximate surface area is 111 Å². The summed E-state index contributed by atoms with van der Waals surface area (Å²) in [6.07, 6.45) is 0.662. The molecule has 0 aromatic heterocycles. The highest BCUT2D eigenvalue weighted by molar-refractivity contribution is 7.89. The van der Waals surface area contributed by atoms with Crippen molar-refractivity contribution in [2.75, 3.05) is 25.4 Å². The molecule has 1 heterocycles. The molecule has 0 saturated carbocycles. The number of carboxylic acid groups (broad SMARTS) is 1. The molecule has 0 amide bonds. The molecule has 7 heteroatoms. The van der Waals surface area contributed by atoms with Gasteiger partial charge in [0.15, 0.2) is 0 Å². The molecule has 0 unspecified atom stereocenters. The third-order valence-electron chi connectivity index (χ3n) is 2.91. The average Bonchev–Trinajstić information content (AvgIpc) is 2.69. The Bertz CT molecular complexity index is 552. The minimum absolute atomic E-state index is 0.189. The van der Waals surface area contributed by atoms with E-state index in [1.54, 1.807) is 12.1 Å². The van der Waals surface area contributed by atoms with E-state index in [-0.39, 0.29) is 17.9 Å². The number of ether oxygens (including phenoxy) is 1. The first-order valence-corrected chi connectivity index (χ1v) is 7.54. The topological polar surface area (TPSA) is 83.9 Å². The number of hydrogen-bond donors (Lipinski definition) is 1. The quantitative estimate of drug-likeness (QED) is 0.865. The highest BCUT2D eigenvalue weighted by atomic mass is 32.2. The van der Waals surface area contributed by atoms with Gasteiger partial charge < -0.3 is 9.84 Å². The van der Waals surface area contributed by atoms with E-state index in [0.29, 0.717) is 25.3 Å². The highest BCUT2D eigenvalue weighted by Gasteiger charge is 2.27. The number of rotatable bonds is 5. The van der Waals surface area contributed by atoms with Crippen LogP contribution in [0.4, 0.5) is 0 Å². The maximum absolute atomic E-state index is 11.5. The van der Waals surface area contributed by atoms with Gasteiger partial charge in [0.2, 0.25) is 10.0 Å². The van der Waals surface area contributed by atoms with Crippen molar-refractivity contribution in [2.45, 2.75) is 6.42 Å². The SMILES string of the molecule is O=C(O)c1ccc(OCCN2CCCS2(=O)=O)cc1. The lowest BCUT2D eigenvalue weighted by atomic mass is 10.2. The molecule has 1 aromatic rings. The lowest BCUT2D eigenvalue weighted by Gasteiger charge is -2.14. The molecule has 0 spiro atoms. The smallest absolute Gasteiger partial charge is 0.335 e. The predicted molar refractivity (Wildman–Crippen MR) is 68.9 cm³/mol. The van der Waals surface area contributed by atoms with Crippen molar-refractivity contribution in [3.8, 4) is 5.75 Å². The Morgan fingerprint density at radius 1 is 1.32 bits per heavy atom. The van der Waals surface area contributed by atoms with E-state index in [2.05, 4.69) is 0 Å². The Morgan fingerprint density at radius 2 is 2.00 bits per heavy atom. The number of nitrogens with zero attached hydrogens (tertiary/aromatic N) is 1. The Morgan fingerprint density at radius 3 is 2.53 bits per heavy atom. The van der Waals surface area contributed by atoms with E-state index >= 15 is 0 Å². The second kappa shape index (κ2) is 5.58. The number of sulfonamides is 1.